The number of nitro groups is 1. The lowest BCUT2D eigenvalue weighted by Crippen LogP contribution is -2.30. The van der Waals surface area contributed by atoms with Crippen molar-refractivity contribution in [1.29, 1.82) is 0 Å². The summed E-state index contributed by atoms with van der Waals surface area (Å²) in [6, 6.07) is 9.26. The van der Waals surface area contributed by atoms with Crippen molar-refractivity contribution in [1.82, 2.24) is 0 Å². The van der Waals surface area contributed by atoms with Crippen LogP contribution in [0.5, 0.6) is 11.5 Å². The van der Waals surface area contributed by atoms with E-state index in [4.69, 9.17) is 14.2 Å². The zero-order valence-corrected chi connectivity index (χ0v) is 15.8. The summed E-state index contributed by atoms with van der Waals surface area (Å²) in [7, 11) is 2.65. The summed E-state index contributed by atoms with van der Waals surface area (Å²) < 4.78 is 15.2. The highest BCUT2D eigenvalue weighted by molar-refractivity contribution is 5.99. The molecule has 0 heterocycles. The van der Waals surface area contributed by atoms with Crippen molar-refractivity contribution >= 4 is 23.3 Å². The Morgan fingerprint density at radius 3 is 2.18 bits per heavy atom. The van der Waals surface area contributed by atoms with Crippen LogP contribution >= 0.6 is 0 Å². The minimum Gasteiger partial charge on any atom is -0.493 e. The second-order valence-electron chi connectivity index (χ2n) is 5.88. The molecule has 2 rings (SSSR count). The molecule has 0 fully saturated rings. The summed E-state index contributed by atoms with van der Waals surface area (Å²) in [5.41, 5.74) is 0.695. The van der Waals surface area contributed by atoms with Gasteiger partial charge in [0.25, 0.3) is 11.6 Å². The number of esters is 1. The number of nitrogens with zero attached hydrogens (tertiary/aromatic N) is 1. The van der Waals surface area contributed by atoms with Crippen LogP contribution in [0.3, 0.4) is 0 Å². The average molecular weight is 388 g/mol. The number of benzene rings is 2. The molecule has 1 atom stereocenters. The molecule has 2 aromatic rings. The van der Waals surface area contributed by atoms with E-state index < -0.39 is 28.6 Å². The molecule has 2 aromatic carbocycles. The lowest BCUT2D eigenvalue weighted by molar-refractivity contribution is -0.385. The molecule has 0 aliphatic heterocycles. The number of anilines is 1. The third kappa shape index (κ3) is 4.76. The number of hydrogen-bond acceptors (Lipinski definition) is 7. The van der Waals surface area contributed by atoms with Crippen LogP contribution in [0, 0.1) is 17.0 Å². The van der Waals surface area contributed by atoms with Crippen LogP contribution in [-0.2, 0) is 9.53 Å². The Hall–Kier alpha value is -3.62. The molecule has 1 N–H and O–H groups in total. The average Bonchev–Trinajstić information content (AvgIpc) is 2.68. The molecule has 0 aliphatic carbocycles. The second-order valence-corrected chi connectivity index (χ2v) is 5.88. The summed E-state index contributed by atoms with van der Waals surface area (Å²) in [6.07, 6.45) is -1.18. The second kappa shape index (κ2) is 8.85. The number of rotatable bonds is 7. The molecule has 0 unspecified atom stereocenters. The molecule has 9 nitrogen and oxygen atoms in total. The van der Waals surface area contributed by atoms with E-state index in [-0.39, 0.29) is 17.1 Å². The van der Waals surface area contributed by atoms with Crippen molar-refractivity contribution < 1.29 is 28.7 Å². The Labute approximate surface area is 161 Å². The van der Waals surface area contributed by atoms with Gasteiger partial charge in [0.1, 0.15) is 5.56 Å². The standard InChI is InChI=1S/C19H20N2O7/c1-11-5-7-13(8-6-11)20-18(22)12(2)28-19(23)14-9-16(26-3)17(27-4)10-15(14)21(24)25/h5-10,12H,1-4H3,(H,20,22)/t12-/m1/s1. The van der Waals surface area contributed by atoms with Crippen molar-refractivity contribution in [2.75, 3.05) is 19.5 Å². The summed E-state index contributed by atoms with van der Waals surface area (Å²) in [6.45, 7) is 3.28. The minimum atomic E-state index is -1.18. The molecule has 0 spiro atoms. The third-order valence-corrected chi connectivity index (χ3v) is 3.89. The number of carbonyl (C=O) groups is 2. The Balaban J connectivity index is 2.19. The van der Waals surface area contributed by atoms with Gasteiger partial charge >= 0.3 is 5.97 Å². The number of nitro benzene ring substituents is 1. The van der Waals surface area contributed by atoms with Crippen LogP contribution in [0.2, 0.25) is 0 Å². The van der Waals surface area contributed by atoms with Gasteiger partial charge in [-0.3, -0.25) is 14.9 Å². The van der Waals surface area contributed by atoms with E-state index >= 15 is 0 Å². The lowest BCUT2D eigenvalue weighted by atomic mass is 10.1. The maximum absolute atomic E-state index is 12.4. The van der Waals surface area contributed by atoms with Gasteiger partial charge in [-0.1, -0.05) is 17.7 Å². The van der Waals surface area contributed by atoms with Gasteiger partial charge in [-0.05, 0) is 26.0 Å². The molecule has 0 aliphatic rings. The molecule has 148 valence electrons. The van der Waals surface area contributed by atoms with Crippen LogP contribution in [0.15, 0.2) is 36.4 Å². The molecular formula is C19H20N2O7. The number of amides is 1. The monoisotopic (exact) mass is 388 g/mol. The number of methoxy groups -OCH3 is 2. The Kier molecular flexibility index (Phi) is 6.54. The zero-order valence-electron chi connectivity index (χ0n) is 15.8. The number of carbonyl (C=O) groups excluding carboxylic acids is 2. The van der Waals surface area contributed by atoms with Gasteiger partial charge < -0.3 is 19.5 Å². The zero-order chi connectivity index (χ0) is 20.8. The molecular weight excluding hydrogens is 368 g/mol. The molecule has 28 heavy (non-hydrogen) atoms. The fourth-order valence-electron chi connectivity index (χ4n) is 2.34. The first-order valence-electron chi connectivity index (χ1n) is 8.25. The van der Waals surface area contributed by atoms with E-state index in [1.165, 1.54) is 21.1 Å². The largest absolute Gasteiger partial charge is 0.493 e. The van der Waals surface area contributed by atoms with Gasteiger partial charge in [-0.2, -0.15) is 0 Å². The van der Waals surface area contributed by atoms with E-state index in [1.807, 2.05) is 19.1 Å². The summed E-state index contributed by atoms with van der Waals surface area (Å²) in [4.78, 5) is 35.3. The summed E-state index contributed by atoms with van der Waals surface area (Å²) in [5, 5.41) is 13.9. The molecule has 0 saturated heterocycles. The van der Waals surface area contributed by atoms with E-state index in [0.29, 0.717) is 5.69 Å². The van der Waals surface area contributed by atoms with Crippen molar-refractivity contribution in [2.45, 2.75) is 20.0 Å². The Morgan fingerprint density at radius 2 is 1.64 bits per heavy atom. The number of ether oxygens (including phenoxy) is 3. The molecule has 9 heteroatoms. The first kappa shape index (κ1) is 20.7. The summed E-state index contributed by atoms with van der Waals surface area (Å²) in [5.74, 6) is -1.38. The van der Waals surface area contributed by atoms with Crippen LogP contribution in [0.4, 0.5) is 11.4 Å². The first-order valence-corrected chi connectivity index (χ1v) is 8.25. The van der Waals surface area contributed by atoms with Gasteiger partial charge in [0.2, 0.25) is 0 Å². The topological polar surface area (TPSA) is 117 Å². The molecule has 1 amide bonds. The quantitative estimate of drug-likeness (QED) is 0.440. The van der Waals surface area contributed by atoms with E-state index in [9.17, 15) is 19.7 Å². The van der Waals surface area contributed by atoms with Crippen molar-refractivity contribution in [3.63, 3.8) is 0 Å². The van der Waals surface area contributed by atoms with Crippen LogP contribution in [0.25, 0.3) is 0 Å². The van der Waals surface area contributed by atoms with Gasteiger partial charge in [-0.25, -0.2) is 4.79 Å². The predicted octanol–water partition coefficient (Wildman–Crippen LogP) is 3.10. The van der Waals surface area contributed by atoms with Gasteiger partial charge in [-0.15, -0.1) is 0 Å². The maximum Gasteiger partial charge on any atom is 0.346 e. The fourth-order valence-corrected chi connectivity index (χ4v) is 2.34. The lowest BCUT2D eigenvalue weighted by Gasteiger charge is -2.15. The molecule has 0 aromatic heterocycles. The smallest absolute Gasteiger partial charge is 0.346 e. The number of hydrogen-bond donors (Lipinski definition) is 1. The normalized spacial score (nSPS) is 11.3. The molecule has 0 radical (unpaired) electrons. The highest BCUT2D eigenvalue weighted by Crippen LogP contribution is 2.35. The van der Waals surface area contributed by atoms with Crippen molar-refractivity contribution in [2.24, 2.45) is 0 Å². The SMILES string of the molecule is COc1cc(C(=O)O[C@H](C)C(=O)Nc2ccc(C)cc2)c([N+](=O)[O-])cc1OC. The van der Waals surface area contributed by atoms with Gasteiger partial charge in [0.05, 0.1) is 25.2 Å². The third-order valence-electron chi connectivity index (χ3n) is 3.89. The van der Waals surface area contributed by atoms with Gasteiger partial charge in [0, 0.05) is 11.8 Å². The number of nitrogens with one attached hydrogen (secondary N) is 1. The summed E-state index contributed by atoms with van der Waals surface area (Å²) >= 11 is 0. The molecule has 0 saturated carbocycles. The van der Waals surface area contributed by atoms with Crippen molar-refractivity contribution in [3.05, 3.63) is 57.6 Å². The predicted molar refractivity (Wildman–Crippen MR) is 101 cm³/mol. The minimum absolute atomic E-state index is 0.0934. The van der Waals surface area contributed by atoms with E-state index in [0.717, 1.165) is 17.7 Å². The van der Waals surface area contributed by atoms with E-state index in [1.54, 1.807) is 12.1 Å². The Bertz CT molecular complexity index is 894. The van der Waals surface area contributed by atoms with E-state index in [2.05, 4.69) is 5.32 Å². The highest BCUT2D eigenvalue weighted by Gasteiger charge is 2.28. The highest BCUT2D eigenvalue weighted by atomic mass is 16.6. The first-order chi connectivity index (χ1) is 13.3. The van der Waals surface area contributed by atoms with Gasteiger partial charge in [0.15, 0.2) is 17.6 Å². The molecule has 0 bridgehead atoms. The fraction of sp³-hybridized carbons (Fsp3) is 0.263. The van der Waals surface area contributed by atoms with Crippen LogP contribution in [-0.4, -0.2) is 37.1 Å². The van der Waals surface area contributed by atoms with Crippen LogP contribution < -0.4 is 14.8 Å². The maximum atomic E-state index is 12.4. The van der Waals surface area contributed by atoms with Crippen LogP contribution in [0.1, 0.15) is 22.8 Å². The van der Waals surface area contributed by atoms with Crippen molar-refractivity contribution in [3.8, 4) is 11.5 Å². The Morgan fingerprint density at radius 1 is 1.07 bits per heavy atom. The number of aryl methyl sites for hydroxylation is 1.